The van der Waals surface area contributed by atoms with Crippen molar-refractivity contribution in [1.29, 1.82) is 0 Å². The summed E-state index contributed by atoms with van der Waals surface area (Å²) in [4.78, 5) is 13.3. The van der Waals surface area contributed by atoms with E-state index in [1.165, 1.54) is 11.0 Å². The molecule has 0 aliphatic carbocycles. The van der Waals surface area contributed by atoms with Gasteiger partial charge in [-0.05, 0) is 12.1 Å². The predicted molar refractivity (Wildman–Crippen MR) is 61.8 cm³/mol. The zero-order chi connectivity index (χ0) is 12.4. The molecule has 17 heavy (non-hydrogen) atoms. The zero-order valence-electron chi connectivity index (χ0n) is 9.40. The highest BCUT2D eigenvalue weighted by Crippen LogP contribution is 2.29. The second-order valence-corrected chi connectivity index (χ2v) is 4.20. The Morgan fingerprint density at radius 3 is 2.88 bits per heavy atom. The van der Waals surface area contributed by atoms with Gasteiger partial charge in [-0.1, -0.05) is 6.07 Å². The van der Waals surface area contributed by atoms with Crippen molar-refractivity contribution < 1.29 is 14.3 Å². The first-order valence-corrected chi connectivity index (χ1v) is 5.56. The number of hydrogen-bond acceptors (Lipinski definition) is 3. The summed E-state index contributed by atoms with van der Waals surface area (Å²) in [5, 5.41) is 9.05. The van der Waals surface area contributed by atoms with Crippen LogP contribution in [0.4, 0.5) is 10.1 Å². The van der Waals surface area contributed by atoms with Gasteiger partial charge >= 0.3 is 0 Å². The van der Waals surface area contributed by atoms with Gasteiger partial charge in [0.2, 0.25) is 5.91 Å². The third-order valence-corrected chi connectivity index (χ3v) is 3.05. The van der Waals surface area contributed by atoms with Gasteiger partial charge in [0, 0.05) is 37.6 Å². The van der Waals surface area contributed by atoms with Crippen molar-refractivity contribution in [2.45, 2.75) is 13.0 Å². The first-order chi connectivity index (χ1) is 8.17. The van der Waals surface area contributed by atoms with Gasteiger partial charge in [0.1, 0.15) is 5.82 Å². The molecule has 0 bridgehead atoms. The summed E-state index contributed by atoms with van der Waals surface area (Å²) in [6.45, 7) is 0.441. The number of amides is 1. The molecule has 0 saturated carbocycles. The highest BCUT2D eigenvalue weighted by Gasteiger charge is 2.31. The van der Waals surface area contributed by atoms with E-state index < -0.39 is 5.82 Å². The van der Waals surface area contributed by atoms with Crippen molar-refractivity contribution >= 4 is 11.6 Å². The van der Waals surface area contributed by atoms with Crippen LogP contribution in [0.5, 0.6) is 0 Å². The average Bonchev–Trinajstić information content (AvgIpc) is 2.70. The molecular formula is C12H15FN2O2. The maximum atomic E-state index is 13.5. The molecule has 1 aliphatic heterocycles. The molecule has 1 amide bonds. The molecule has 2 rings (SSSR count). The number of nitrogens with zero attached hydrogens (tertiary/aromatic N) is 1. The summed E-state index contributed by atoms with van der Waals surface area (Å²) >= 11 is 0. The molecule has 1 aromatic carbocycles. The van der Waals surface area contributed by atoms with E-state index in [2.05, 4.69) is 0 Å². The number of aliphatic hydroxyl groups is 1. The number of halogens is 1. The SMILES string of the molecule is NCc1c(F)cccc1N1CC(CO)CC1=O. The summed E-state index contributed by atoms with van der Waals surface area (Å²) in [7, 11) is 0. The van der Waals surface area contributed by atoms with Crippen LogP contribution in [0.1, 0.15) is 12.0 Å². The van der Waals surface area contributed by atoms with Crippen LogP contribution in [0.25, 0.3) is 0 Å². The number of hydrogen-bond donors (Lipinski definition) is 2. The number of rotatable bonds is 3. The smallest absolute Gasteiger partial charge is 0.227 e. The van der Waals surface area contributed by atoms with E-state index in [4.69, 9.17) is 10.8 Å². The quantitative estimate of drug-likeness (QED) is 0.811. The number of anilines is 1. The fourth-order valence-corrected chi connectivity index (χ4v) is 2.14. The molecule has 1 atom stereocenters. The largest absolute Gasteiger partial charge is 0.396 e. The molecule has 92 valence electrons. The van der Waals surface area contributed by atoms with Crippen LogP contribution in [0.3, 0.4) is 0 Å². The van der Waals surface area contributed by atoms with Gasteiger partial charge in [0.05, 0.1) is 5.69 Å². The van der Waals surface area contributed by atoms with Crippen molar-refractivity contribution in [3.63, 3.8) is 0 Å². The molecular weight excluding hydrogens is 223 g/mol. The van der Waals surface area contributed by atoms with Crippen LogP contribution < -0.4 is 10.6 Å². The number of carbonyl (C=O) groups excluding carboxylic acids is 1. The summed E-state index contributed by atoms with van der Waals surface area (Å²) < 4.78 is 13.5. The number of benzene rings is 1. The molecule has 1 fully saturated rings. The molecule has 3 N–H and O–H groups in total. The van der Waals surface area contributed by atoms with E-state index in [-0.39, 0.29) is 25.0 Å². The topological polar surface area (TPSA) is 66.6 Å². The lowest BCUT2D eigenvalue weighted by atomic mass is 10.1. The minimum Gasteiger partial charge on any atom is -0.396 e. The Labute approximate surface area is 98.8 Å². The molecule has 1 heterocycles. The van der Waals surface area contributed by atoms with Crippen LogP contribution in [-0.4, -0.2) is 24.2 Å². The minimum atomic E-state index is -0.398. The van der Waals surface area contributed by atoms with Crippen LogP contribution in [-0.2, 0) is 11.3 Å². The monoisotopic (exact) mass is 238 g/mol. The molecule has 1 unspecified atom stereocenters. The van der Waals surface area contributed by atoms with Gasteiger partial charge in [-0.3, -0.25) is 4.79 Å². The molecule has 4 nitrogen and oxygen atoms in total. The molecule has 0 spiro atoms. The summed E-state index contributed by atoms with van der Waals surface area (Å²) in [5.41, 5.74) is 6.37. The van der Waals surface area contributed by atoms with Gasteiger partial charge in [-0.15, -0.1) is 0 Å². The molecule has 5 heteroatoms. The van der Waals surface area contributed by atoms with Crippen molar-refractivity contribution in [3.05, 3.63) is 29.6 Å². The van der Waals surface area contributed by atoms with E-state index in [0.717, 1.165) is 0 Å². The van der Waals surface area contributed by atoms with Crippen LogP contribution in [0, 0.1) is 11.7 Å². The Hall–Kier alpha value is -1.46. The molecule has 1 saturated heterocycles. The van der Waals surface area contributed by atoms with Crippen molar-refractivity contribution in [2.75, 3.05) is 18.1 Å². The maximum Gasteiger partial charge on any atom is 0.227 e. The lowest BCUT2D eigenvalue weighted by molar-refractivity contribution is -0.117. The predicted octanol–water partition coefficient (Wildman–Crippen LogP) is 0.630. The third-order valence-electron chi connectivity index (χ3n) is 3.05. The molecule has 1 aromatic rings. The van der Waals surface area contributed by atoms with Gasteiger partial charge in [0.15, 0.2) is 0 Å². The Morgan fingerprint density at radius 2 is 2.29 bits per heavy atom. The van der Waals surface area contributed by atoms with E-state index in [0.29, 0.717) is 24.2 Å². The lowest BCUT2D eigenvalue weighted by Gasteiger charge is -2.20. The maximum absolute atomic E-state index is 13.5. The second kappa shape index (κ2) is 4.81. The van der Waals surface area contributed by atoms with E-state index in [9.17, 15) is 9.18 Å². The van der Waals surface area contributed by atoms with Gasteiger partial charge in [0.25, 0.3) is 0 Å². The molecule has 0 radical (unpaired) electrons. The van der Waals surface area contributed by atoms with Crippen LogP contribution >= 0.6 is 0 Å². The number of nitrogens with two attached hydrogens (primary N) is 1. The Kier molecular flexibility index (Phi) is 3.40. The molecule has 0 aromatic heterocycles. The Balaban J connectivity index is 2.34. The van der Waals surface area contributed by atoms with Crippen molar-refractivity contribution in [1.82, 2.24) is 0 Å². The van der Waals surface area contributed by atoms with Gasteiger partial charge in [-0.2, -0.15) is 0 Å². The van der Waals surface area contributed by atoms with Crippen molar-refractivity contribution in [3.8, 4) is 0 Å². The highest BCUT2D eigenvalue weighted by atomic mass is 19.1. The Bertz CT molecular complexity index is 437. The lowest BCUT2D eigenvalue weighted by Crippen LogP contribution is -2.27. The van der Waals surface area contributed by atoms with Crippen LogP contribution in [0.2, 0.25) is 0 Å². The summed E-state index contributed by atoms with van der Waals surface area (Å²) in [6, 6.07) is 4.57. The van der Waals surface area contributed by atoms with Crippen LogP contribution in [0.15, 0.2) is 18.2 Å². The highest BCUT2D eigenvalue weighted by molar-refractivity contribution is 5.96. The zero-order valence-corrected chi connectivity index (χ0v) is 9.40. The van der Waals surface area contributed by atoms with Crippen molar-refractivity contribution in [2.24, 2.45) is 11.7 Å². The van der Waals surface area contributed by atoms with E-state index >= 15 is 0 Å². The standard InChI is InChI=1S/C12H15FN2O2/c13-10-2-1-3-11(9(10)5-14)15-6-8(7-16)4-12(15)17/h1-3,8,16H,4-7,14H2. The summed E-state index contributed by atoms with van der Waals surface area (Å²) in [5.74, 6) is -0.564. The number of aliphatic hydroxyl groups excluding tert-OH is 1. The fourth-order valence-electron chi connectivity index (χ4n) is 2.14. The first-order valence-electron chi connectivity index (χ1n) is 5.56. The normalized spacial score (nSPS) is 20.1. The van der Waals surface area contributed by atoms with Gasteiger partial charge in [-0.25, -0.2) is 4.39 Å². The number of carbonyl (C=O) groups is 1. The van der Waals surface area contributed by atoms with E-state index in [1.54, 1.807) is 12.1 Å². The minimum absolute atomic E-state index is 0.0322. The van der Waals surface area contributed by atoms with Gasteiger partial charge < -0.3 is 15.7 Å². The first kappa shape index (κ1) is 12.0. The third kappa shape index (κ3) is 2.16. The molecule has 1 aliphatic rings. The van der Waals surface area contributed by atoms with E-state index in [1.807, 2.05) is 0 Å². The fraction of sp³-hybridized carbons (Fsp3) is 0.417. The summed E-state index contributed by atoms with van der Waals surface area (Å²) in [6.07, 6.45) is 0.303. The Morgan fingerprint density at radius 1 is 1.53 bits per heavy atom. The second-order valence-electron chi connectivity index (χ2n) is 4.20. The average molecular weight is 238 g/mol.